The SMILES string of the molecule is COCCCN(CC(=O)Nc1cc(C(C)(C)C)nn1-c1ccc(C)cc1C)C(=O)c1ccc(Cl)cc1. The Labute approximate surface area is 218 Å². The van der Waals surface area contributed by atoms with Crippen molar-refractivity contribution in [2.75, 3.05) is 32.1 Å². The van der Waals surface area contributed by atoms with Crippen LogP contribution in [0, 0.1) is 13.8 Å². The molecule has 1 aromatic heterocycles. The topological polar surface area (TPSA) is 76.5 Å². The molecule has 0 saturated heterocycles. The summed E-state index contributed by atoms with van der Waals surface area (Å²) >= 11 is 5.98. The third kappa shape index (κ3) is 6.95. The van der Waals surface area contributed by atoms with E-state index in [1.807, 2.05) is 32.0 Å². The van der Waals surface area contributed by atoms with E-state index in [0.29, 0.717) is 36.0 Å². The van der Waals surface area contributed by atoms with Gasteiger partial charge in [-0.3, -0.25) is 9.59 Å². The third-order valence-electron chi connectivity index (χ3n) is 5.82. The van der Waals surface area contributed by atoms with E-state index in [-0.39, 0.29) is 23.8 Å². The van der Waals surface area contributed by atoms with Crippen LogP contribution in [0.5, 0.6) is 0 Å². The first-order valence-corrected chi connectivity index (χ1v) is 12.4. The van der Waals surface area contributed by atoms with E-state index in [9.17, 15) is 9.59 Å². The van der Waals surface area contributed by atoms with Gasteiger partial charge < -0.3 is 15.0 Å². The highest BCUT2D eigenvalue weighted by Gasteiger charge is 2.24. The minimum Gasteiger partial charge on any atom is -0.385 e. The fraction of sp³-hybridized carbons (Fsp3) is 0.393. The second-order valence-corrected chi connectivity index (χ2v) is 10.4. The zero-order chi connectivity index (χ0) is 26.5. The Morgan fingerprint density at radius 2 is 1.78 bits per heavy atom. The van der Waals surface area contributed by atoms with Crippen LogP contribution in [0.3, 0.4) is 0 Å². The van der Waals surface area contributed by atoms with Crippen LogP contribution in [0.1, 0.15) is 54.4 Å². The van der Waals surface area contributed by atoms with Crippen molar-refractivity contribution in [3.05, 3.63) is 75.9 Å². The molecule has 0 spiro atoms. The molecular weight excluding hydrogens is 476 g/mol. The van der Waals surface area contributed by atoms with Gasteiger partial charge >= 0.3 is 0 Å². The summed E-state index contributed by atoms with van der Waals surface area (Å²) < 4.78 is 6.91. The summed E-state index contributed by atoms with van der Waals surface area (Å²) in [5.74, 6) is 0.0185. The minimum absolute atomic E-state index is 0.103. The Balaban J connectivity index is 1.87. The van der Waals surface area contributed by atoms with Gasteiger partial charge in [0.15, 0.2) is 0 Å². The number of anilines is 1. The van der Waals surface area contributed by atoms with Crippen LogP contribution >= 0.6 is 11.6 Å². The first kappa shape index (κ1) is 27.4. The van der Waals surface area contributed by atoms with Gasteiger partial charge in [-0.2, -0.15) is 5.10 Å². The molecule has 7 nitrogen and oxygen atoms in total. The van der Waals surface area contributed by atoms with Crippen molar-refractivity contribution in [2.45, 2.75) is 46.5 Å². The monoisotopic (exact) mass is 510 g/mol. The minimum atomic E-state index is -0.305. The van der Waals surface area contributed by atoms with Gasteiger partial charge in [0.25, 0.3) is 5.91 Å². The number of ether oxygens (including phenoxy) is 1. The third-order valence-corrected chi connectivity index (χ3v) is 6.07. The Hall–Kier alpha value is -3.16. The van der Waals surface area contributed by atoms with Crippen molar-refractivity contribution >= 4 is 29.2 Å². The van der Waals surface area contributed by atoms with Crippen molar-refractivity contribution in [1.29, 1.82) is 0 Å². The molecule has 0 aliphatic carbocycles. The smallest absolute Gasteiger partial charge is 0.254 e. The zero-order valence-electron chi connectivity index (χ0n) is 21.9. The maximum absolute atomic E-state index is 13.2. The summed E-state index contributed by atoms with van der Waals surface area (Å²) in [6, 6.07) is 14.7. The Bertz CT molecular complexity index is 1210. The predicted octanol–water partition coefficient (Wildman–Crippen LogP) is 5.56. The lowest BCUT2D eigenvalue weighted by molar-refractivity contribution is -0.117. The number of rotatable bonds is 9. The van der Waals surface area contributed by atoms with Crippen LogP contribution < -0.4 is 5.32 Å². The lowest BCUT2D eigenvalue weighted by atomic mass is 9.92. The molecule has 2 aromatic carbocycles. The second kappa shape index (κ2) is 11.7. The predicted molar refractivity (Wildman–Crippen MR) is 144 cm³/mol. The number of carbonyl (C=O) groups excluding carboxylic acids is 2. The largest absolute Gasteiger partial charge is 0.385 e. The molecule has 2 amide bonds. The Kier molecular flexibility index (Phi) is 8.93. The molecule has 0 unspecified atom stereocenters. The van der Waals surface area contributed by atoms with Gasteiger partial charge in [-0.1, -0.05) is 50.1 Å². The first-order chi connectivity index (χ1) is 17.0. The van der Waals surface area contributed by atoms with E-state index in [2.05, 4.69) is 32.2 Å². The van der Waals surface area contributed by atoms with E-state index >= 15 is 0 Å². The highest BCUT2D eigenvalue weighted by Crippen LogP contribution is 2.28. The lowest BCUT2D eigenvalue weighted by Crippen LogP contribution is -2.39. The summed E-state index contributed by atoms with van der Waals surface area (Å²) in [4.78, 5) is 27.9. The maximum Gasteiger partial charge on any atom is 0.254 e. The fourth-order valence-electron chi connectivity index (χ4n) is 3.85. The molecule has 1 N–H and O–H groups in total. The molecule has 1 heterocycles. The van der Waals surface area contributed by atoms with Crippen LogP contribution in [0.15, 0.2) is 48.5 Å². The molecular formula is C28H35ClN4O3. The molecule has 8 heteroatoms. The van der Waals surface area contributed by atoms with Crippen molar-refractivity contribution < 1.29 is 14.3 Å². The van der Waals surface area contributed by atoms with Crippen molar-refractivity contribution in [2.24, 2.45) is 0 Å². The van der Waals surface area contributed by atoms with Gasteiger partial charge in [0, 0.05) is 42.3 Å². The highest BCUT2D eigenvalue weighted by molar-refractivity contribution is 6.30. The molecule has 0 aliphatic heterocycles. The number of halogens is 1. The Morgan fingerprint density at radius 3 is 2.39 bits per heavy atom. The number of nitrogens with zero attached hydrogens (tertiary/aromatic N) is 3. The number of benzene rings is 2. The van der Waals surface area contributed by atoms with E-state index < -0.39 is 0 Å². The van der Waals surface area contributed by atoms with Crippen LogP contribution in [-0.2, 0) is 14.9 Å². The Morgan fingerprint density at radius 1 is 1.08 bits per heavy atom. The molecule has 0 bridgehead atoms. The summed E-state index contributed by atoms with van der Waals surface area (Å²) in [6.45, 7) is 11.1. The maximum atomic E-state index is 13.2. The number of aromatic nitrogens is 2. The average Bonchev–Trinajstić information content (AvgIpc) is 3.22. The molecule has 3 rings (SSSR count). The van der Waals surface area contributed by atoms with Gasteiger partial charge in [-0.05, 0) is 56.2 Å². The normalized spacial score (nSPS) is 11.4. The first-order valence-electron chi connectivity index (χ1n) is 12.0. The average molecular weight is 511 g/mol. The standard InChI is InChI=1S/C28H35ClN4O3/c1-19-8-13-23(20(2)16-19)33-25(17-24(31-33)28(3,4)5)30-26(34)18-32(14-7-15-36-6)27(35)21-9-11-22(29)12-10-21/h8-13,16-17H,7,14-15,18H2,1-6H3,(H,30,34). The fourth-order valence-corrected chi connectivity index (χ4v) is 3.97. The van der Waals surface area contributed by atoms with E-state index in [0.717, 1.165) is 22.5 Å². The number of hydrogen-bond acceptors (Lipinski definition) is 4. The molecule has 0 radical (unpaired) electrons. The zero-order valence-corrected chi connectivity index (χ0v) is 22.6. The summed E-state index contributed by atoms with van der Waals surface area (Å²) in [5.41, 5.74) is 4.21. The molecule has 3 aromatic rings. The van der Waals surface area contributed by atoms with Crippen molar-refractivity contribution in [1.82, 2.24) is 14.7 Å². The number of methoxy groups -OCH3 is 1. The second-order valence-electron chi connectivity index (χ2n) is 9.99. The van der Waals surface area contributed by atoms with Crippen LogP contribution in [0.4, 0.5) is 5.82 Å². The number of nitrogens with one attached hydrogen (secondary N) is 1. The van der Waals surface area contributed by atoms with E-state index in [4.69, 9.17) is 21.4 Å². The summed E-state index contributed by atoms with van der Waals surface area (Å²) in [7, 11) is 1.61. The number of hydrogen-bond donors (Lipinski definition) is 1. The lowest BCUT2D eigenvalue weighted by Gasteiger charge is -2.22. The molecule has 192 valence electrons. The van der Waals surface area contributed by atoms with Crippen LogP contribution in [-0.4, -0.2) is 53.3 Å². The molecule has 0 aliphatic rings. The summed E-state index contributed by atoms with van der Waals surface area (Å²) in [5, 5.41) is 8.36. The quantitative estimate of drug-likeness (QED) is 0.382. The molecule has 0 atom stereocenters. The van der Waals surface area contributed by atoms with Gasteiger partial charge in [-0.25, -0.2) is 4.68 Å². The van der Waals surface area contributed by atoms with Crippen LogP contribution in [0.25, 0.3) is 5.69 Å². The number of amides is 2. The van der Waals surface area contributed by atoms with Crippen molar-refractivity contribution in [3.8, 4) is 5.69 Å². The molecule has 0 fully saturated rings. The van der Waals surface area contributed by atoms with Crippen LogP contribution in [0.2, 0.25) is 5.02 Å². The summed E-state index contributed by atoms with van der Waals surface area (Å²) in [6.07, 6.45) is 0.609. The number of carbonyl (C=O) groups is 2. The van der Waals surface area contributed by atoms with Gasteiger partial charge in [0.2, 0.25) is 5.91 Å². The highest BCUT2D eigenvalue weighted by atomic mass is 35.5. The van der Waals surface area contributed by atoms with E-state index in [1.165, 1.54) is 4.90 Å². The number of aryl methyl sites for hydroxylation is 2. The van der Waals surface area contributed by atoms with E-state index in [1.54, 1.807) is 36.1 Å². The van der Waals surface area contributed by atoms with Gasteiger partial charge in [0.1, 0.15) is 12.4 Å². The molecule has 36 heavy (non-hydrogen) atoms. The van der Waals surface area contributed by atoms with Gasteiger partial charge in [0.05, 0.1) is 11.4 Å². The van der Waals surface area contributed by atoms with Gasteiger partial charge in [-0.15, -0.1) is 0 Å². The molecule has 0 saturated carbocycles. The van der Waals surface area contributed by atoms with Crippen molar-refractivity contribution in [3.63, 3.8) is 0 Å².